The van der Waals surface area contributed by atoms with Crippen LogP contribution in [0.5, 0.6) is 11.5 Å². The normalized spacial score (nSPS) is 19.1. The summed E-state index contributed by atoms with van der Waals surface area (Å²) < 4.78 is 7.92. The molecule has 3 N–H and O–H groups in total. The van der Waals surface area contributed by atoms with E-state index in [4.69, 9.17) is 15.6 Å². The van der Waals surface area contributed by atoms with Crippen molar-refractivity contribution in [2.24, 2.45) is 0 Å². The second-order valence-electron chi connectivity index (χ2n) is 17.1. The van der Waals surface area contributed by atoms with Crippen molar-refractivity contribution in [3.63, 3.8) is 0 Å². The van der Waals surface area contributed by atoms with Gasteiger partial charge in [0.25, 0.3) is 5.91 Å². The summed E-state index contributed by atoms with van der Waals surface area (Å²) >= 11 is 1.68. The van der Waals surface area contributed by atoms with Gasteiger partial charge in [-0.3, -0.25) is 34.2 Å². The number of thioether (sulfide) groups is 1. The molecule has 3 saturated heterocycles. The number of rotatable bonds is 15. The number of fused-ring (bicyclic) bond motifs is 2. The summed E-state index contributed by atoms with van der Waals surface area (Å²) in [7, 11) is 0. The molecule has 2 atom stereocenters. The Morgan fingerprint density at radius 3 is 2.38 bits per heavy atom. The lowest BCUT2D eigenvalue weighted by Crippen LogP contribution is -2.52. The van der Waals surface area contributed by atoms with Crippen molar-refractivity contribution >= 4 is 58.1 Å². The number of para-hydroxylation sites is 1. The number of likely N-dealkylation sites (tertiary alicyclic amines) is 1. The lowest BCUT2D eigenvalue weighted by molar-refractivity contribution is -0.137. The zero-order chi connectivity index (χ0) is 44.9. The molecule has 5 amide bonds. The number of carbonyl (C=O) groups is 5. The third-order valence-corrected chi connectivity index (χ3v) is 14.1. The average Bonchev–Trinajstić information content (AvgIpc) is 3.89. The number of benzene rings is 3. The van der Waals surface area contributed by atoms with Crippen molar-refractivity contribution in [3.8, 4) is 22.8 Å². The molecule has 338 valence electrons. The third kappa shape index (κ3) is 9.85. The smallest absolute Gasteiger partial charge is 0.255 e. The van der Waals surface area contributed by atoms with Gasteiger partial charge in [-0.2, -0.15) is 5.10 Å². The van der Waals surface area contributed by atoms with Crippen molar-refractivity contribution in [2.45, 2.75) is 81.3 Å². The SMILES string of the molecule is Nc1ncnc2c1c(-c1ccc(Oc3ccccc3)cc1)nn2[C@@H]1CCCN(C(=O)CCCN2CCN(C(=O)CCCCSc3cccc4c3CN(C3CCC(=O)NC3=O)C4=O)CC2)C1. The molecule has 0 aliphatic carbocycles. The highest BCUT2D eigenvalue weighted by Gasteiger charge is 2.40. The van der Waals surface area contributed by atoms with E-state index in [0.717, 1.165) is 79.3 Å². The molecule has 6 heterocycles. The minimum absolute atomic E-state index is 0.0558. The van der Waals surface area contributed by atoms with Crippen molar-refractivity contribution in [2.75, 3.05) is 57.3 Å². The van der Waals surface area contributed by atoms with Crippen molar-refractivity contribution in [3.05, 3.63) is 90.3 Å². The van der Waals surface area contributed by atoms with Gasteiger partial charge in [0.05, 0.1) is 11.4 Å². The van der Waals surface area contributed by atoms with Crippen LogP contribution < -0.4 is 15.8 Å². The second-order valence-corrected chi connectivity index (χ2v) is 18.3. The van der Waals surface area contributed by atoms with Gasteiger partial charge in [0, 0.05) is 81.1 Å². The molecule has 0 bridgehead atoms. The number of aromatic nitrogens is 4. The molecule has 4 aliphatic heterocycles. The zero-order valence-electron chi connectivity index (χ0n) is 36.4. The fraction of sp³-hybridized carbons (Fsp3) is 0.417. The first-order valence-electron chi connectivity index (χ1n) is 22.7. The highest BCUT2D eigenvalue weighted by Crippen LogP contribution is 2.37. The van der Waals surface area contributed by atoms with Crippen LogP contribution in [0.3, 0.4) is 0 Å². The highest BCUT2D eigenvalue weighted by atomic mass is 32.2. The maximum Gasteiger partial charge on any atom is 0.255 e. The first kappa shape index (κ1) is 43.9. The molecule has 5 aromatic rings. The summed E-state index contributed by atoms with van der Waals surface area (Å²) in [5.41, 5.74) is 10.2. The molecule has 16 nitrogen and oxygen atoms in total. The number of hydrogen-bond acceptors (Lipinski definition) is 12. The summed E-state index contributed by atoms with van der Waals surface area (Å²) in [6.07, 6.45) is 7.10. The Morgan fingerprint density at radius 2 is 1.58 bits per heavy atom. The summed E-state index contributed by atoms with van der Waals surface area (Å²) in [4.78, 5) is 81.7. The second kappa shape index (κ2) is 19.8. The number of unbranched alkanes of at least 4 members (excludes halogenated alkanes) is 1. The van der Waals surface area contributed by atoms with E-state index in [1.165, 1.54) is 6.33 Å². The standard InChI is InChI=1S/C48H54N10O6S/c49-45-43-44(32-16-18-35(19-17-32)64-34-10-2-1-3-11-34)53-58(46(43)51-31-50-45)33-9-7-23-56(29-33)42(61)15-8-22-54-24-26-55(27-25-54)41(60)14-4-5-28-65-39-13-6-12-36-37(39)30-57(48(36)63)38-20-21-40(59)52-47(38)62/h1-3,6,10-13,16-19,31,33,38H,4-5,7-9,14-15,20-30H2,(H2,49,50,51)(H,52,59,62)/t33-,38?/m1/s1. The van der Waals surface area contributed by atoms with Gasteiger partial charge in [-0.25, -0.2) is 14.6 Å². The van der Waals surface area contributed by atoms with Crippen LogP contribution in [0.1, 0.15) is 79.8 Å². The zero-order valence-corrected chi connectivity index (χ0v) is 37.2. The molecule has 17 heteroatoms. The molecule has 0 radical (unpaired) electrons. The first-order chi connectivity index (χ1) is 31.7. The van der Waals surface area contributed by atoms with Gasteiger partial charge in [-0.1, -0.05) is 24.3 Å². The van der Waals surface area contributed by atoms with E-state index >= 15 is 0 Å². The fourth-order valence-corrected chi connectivity index (χ4v) is 10.5. The number of imide groups is 1. The number of nitrogens with zero attached hydrogens (tertiary/aromatic N) is 8. The maximum atomic E-state index is 13.6. The van der Waals surface area contributed by atoms with E-state index in [1.807, 2.05) is 81.2 Å². The van der Waals surface area contributed by atoms with Crippen LogP contribution in [-0.4, -0.2) is 126 Å². The van der Waals surface area contributed by atoms with E-state index in [1.54, 1.807) is 22.7 Å². The molecule has 65 heavy (non-hydrogen) atoms. The molecule has 0 spiro atoms. The van der Waals surface area contributed by atoms with Crippen LogP contribution in [0.2, 0.25) is 0 Å². The predicted molar refractivity (Wildman–Crippen MR) is 246 cm³/mol. The molecule has 9 rings (SSSR count). The Labute approximate surface area is 381 Å². The fourth-order valence-electron chi connectivity index (χ4n) is 9.38. The molecule has 2 aromatic heterocycles. The van der Waals surface area contributed by atoms with Crippen molar-refractivity contribution in [1.29, 1.82) is 0 Å². The minimum atomic E-state index is -0.635. The number of piperidine rings is 2. The van der Waals surface area contributed by atoms with Crippen LogP contribution >= 0.6 is 11.8 Å². The Morgan fingerprint density at radius 1 is 0.815 bits per heavy atom. The highest BCUT2D eigenvalue weighted by molar-refractivity contribution is 7.99. The Balaban J connectivity index is 0.696. The van der Waals surface area contributed by atoms with Gasteiger partial charge >= 0.3 is 0 Å². The van der Waals surface area contributed by atoms with E-state index in [2.05, 4.69) is 20.2 Å². The largest absolute Gasteiger partial charge is 0.457 e. The Hall–Kier alpha value is -6.33. The number of piperazine rings is 1. The number of amides is 5. The number of hydrogen-bond donors (Lipinski definition) is 2. The number of ether oxygens (including phenoxy) is 1. The van der Waals surface area contributed by atoms with Crippen molar-refractivity contribution < 1.29 is 28.7 Å². The summed E-state index contributed by atoms with van der Waals surface area (Å²) in [5.74, 6) is 2.07. The molecular formula is C48H54N10O6S. The van der Waals surface area contributed by atoms with E-state index in [0.29, 0.717) is 85.8 Å². The number of anilines is 1. The van der Waals surface area contributed by atoms with Crippen LogP contribution in [0.4, 0.5) is 5.82 Å². The summed E-state index contributed by atoms with van der Waals surface area (Å²) in [6, 6.07) is 22.3. The summed E-state index contributed by atoms with van der Waals surface area (Å²) in [5, 5.41) is 8.11. The lowest BCUT2D eigenvalue weighted by Gasteiger charge is -2.35. The number of nitrogens with two attached hydrogens (primary N) is 1. The van der Waals surface area contributed by atoms with Crippen LogP contribution in [0.15, 0.2) is 84.0 Å². The molecule has 1 unspecified atom stereocenters. The topological polar surface area (TPSA) is 189 Å². The number of carbonyl (C=O) groups excluding carboxylic acids is 5. The molecule has 0 saturated carbocycles. The average molecular weight is 899 g/mol. The quantitative estimate of drug-likeness (QED) is 0.0745. The van der Waals surface area contributed by atoms with Gasteiger partial charge in [-0.05, 0) is 105 Å². The Kier molecular flexibility index (Phi) is 13.4. The van der Waals surface area contributed by atoms with Gasteiger partial charge in [0.2, 0.25) is 23.6 Å². The van der Waals surface area contributed by atoms with Crippen LogP contribution in [0, 0.1) is 0 Å². The minimum Gasteiger partial charge on any atom is -0.457 e. The van der Waals surface area contributed by atoms with E-state index < -0.39 is 11.9 Å². The third-order valence-electron chi connectivity index (χ3n) is 12.9. The molecule has 4 aliphatic rings. The van der Waals surface area contributed by atoms with Crippen LogP contribution in [0.25, 0.3) is 22.3 Å². The number of nitrogens with one attached hydrogen (secondary N) is 1. The van der Waals surface area contributed by atoms with Crippen molar-refractivity contribution in [1.82, 2.24) is 44.7 Å². The molecular weight excluding hydrogens is 845 g/mol. The number of nitrogen functional groups attached to an aromatic ring is 1. The van der Waals surface area contributed by atoms with E-state index in [-0.39, 0.29) is 36.1 Å². The van der Waals surface area contributed by atoms with E-state index in [9.17, 15) is 24.0 Å². The van der Waals surface area contributed by atoms with Crippen LogP contribution in [-0.2, 0) is 25.7 Å². The lowest BCUT2D eigenvalue weighted by atomic mass is 10.0. The predicted octanol–water partition coefficient (Wildman–Crippen LogP) is 5.68. The molecule has 3 aromatic carbocycles. The summed E-state index contributed by atoms with van der Waals surface area (Å²) in [6.45, 7) is 5.36. The van der Waals surface area contributed by atoms with Gasteiger partial charge in [0.15, 0.2) is 5.65 Å². The molecule has 3 fully saturated rings. The van der Waals surface area contributed by atoms with Gasteiger partial charge in [0.1, 0.15) is 35.4 Å². The maximum absolute atomic E-state index is 13.6. The monoisotopic (exact) mass is 898 g/mol. The Bertz CT molecular complexity index is 2560. The van der Waals surface area contributed by atoms with Gasteiger partial charge in [-0.15, -0.1) is 11.8 Å². The van der Waals surface area contributed by atoms with Gasteiger partial charge < -0.3 is 25.2 Å². The first-order valence-corrected chi connectivity index (χ1v) is 23.7.